The Morgan fingerprint density at radius 1 is 1.25 bits per heavy atom. The first-order valence-corrected chi connectivity index (χ1v) is 7.98. The van der Waals surface area contributed by atoms with Crippen molar-refractivity contribution in [3.8, 4) is 0 Å². The van der Waals surface area contributed by atoms with Gasteiger partial charge in [0.2, 0.25) is 0 Å². The second-order valence-corrected chi connectivity index (χ2v) is 6.96. The Labute approximate surface area is 119 Å². The number of aryl methyl sites for hydroxylation is 1. The first kappa shape index (κ1) is 14.6. The Morgan fingerprint density at radius 3 is 2.40 bits per heavy atom. The third-order valence-electron chi connectivity index (χ3n) is 2.94. The molecule has 0 saturated carbocycles. The van der Waals surface area contributed by atoms with Gasteiger partial charge in [-0.25, -0.2) is 8.42 Å². The van der Waals surface area contributed by atoms with Crippen LogP contribution in [0.3, 0.4) is 0 Å². The highest BCUT2D eigenvalue weighted by Gasteiger charge is 2.16. The fraction of sp³-hybridized carbons (Fsp3) is 0.357. The molecule has 5 nitrogen and oxygen atoms in total. The van der Waals surface area contributed by atoms with Crippen molar-refractivity contribution in [2.75, 3.05) is 4.72 Å². The summed E-state index contributed by atoms with van der Waals surface area (Å²) < 4.78 is 26.9. The summed E-state index contributed by atoms with van der Waals surface area (Å²) in [7, 11) is -3.57. The van der Waals surface area contributed by atoms with Gasteiger partial charge in [0.05, 0.1) is 11.1 Å². The maximum absolute atomic E-state index is 12.2. The van der Waals surface area contributed by atoms with E-state index in [9.17, 15) is 8.42 Å². The minimum Gasteiger partial charge on any atom is -0.264 e. The molecule has 108 valence electrons. The molecule has 0 aliphatic rings. The van der Waals surface area contributed by atoms with Gasteiger partial charge in [0, 0.05) is 5.56 Å². The van der Waals surface area contributed by atoms with Crippen LogP contribution in [-0.2, 0) is 16.4 Å². The Kier molecular flexibility index (Phi) is 4.13. The van der Waals surface area contributed by atoms with Crippen molar-refractivity contribution in [2.24, 2.45) is 5.92 Å². The third kappa shape index (κ3) is 3.39. The van der Waals surface area contributed by atoms with Crippen molar-refractivity contribution < 1.29 is 8.42 Å². The molecule has 6 heteroatoms. The van der Waals surface area contributed by atoms with Crippen LogP contribution in [0.25, 0.3) is 0 Å². The third-order valence-corrected chi connectivity index (χ3v) is 4.31. The molecule has 2 rings (SSSR count). The number of aromatic nitrogens is 2. The van der Waals surface area contributed by atoms with Gasteiger partial charge in [-0.1, -0.05) is 26.0 Å². The van der Waals surface area contributed by atoms with Crippen LogP contribution in [0.2, 0.25) is 0 Å². The zero-order valence-electron chi connectivity index (χ0n) is 11.8. The van der Waals surface area contributed by atoms with Crippen LogP contribution in [-0.4, -0.2) is 18.6 Å². The Morgan fingerprint density at radius 2 is 1.90 bits per heavy atom. The second-order valence-electron chi connectivity index (χ2n) is 5.28. The van der Waals surface area contributed by atoms with Crippen molar-refractivity contribution in [2.45, 2.75) is 32.1 Å². The molecule has 0 atom stereocenters. The molecule has 0 saturated heterocycles. The maximum atomic E-state index is 12.2. The van der Waals surface area contributed by atoms with E-state index in [1.807, 2.05) is 12.1 Å². The normalized spacial score (nSPS) is 11.8. The highest BCUT2D eigenvalue weighted by atomic mass is 32.2. The van der Waals surface area contributed by atoms with Gasteiger partial charge in [-0.15, -0.1) is 0 Å². The van der Waals surface area contributed by atoms with Crippen LogP contribution in [0.1, 0.15) is 25.0 Å². The van der Waals surface area contributed by atoms with Gasteiger partial charge < -0.3 is 0 Å². The van der Waals surface area contributed by atoms with Crippen LogP contribution >= 0.6 is 0 Å². The summed E-state index contributed by atoms with van der Waals surface area (Å²) in [5.74, 6) is 0.944. The van der Waals surface area contributed by atoms with Crippen LogP contribution in [0.5, 0.6) is 0 Å². The van der Waals surface area contributed by atoms with Gasteiger partial charge >= 0.3 is 0 Å². The van der Waals surface area contributed by atoms with E-state index in [-0.39, 0.29) is 4.90 Å². The lowest BCUT2D eigenvalue weighted by molar-refractivity contribution is 0.601. The summed E-state index contributed by atoms with van der Waals surface area (Å²) in [5.41, 5.74) is 1.89. The van der Waals surface area contributed by atoms with Gasteiger partial charge in [-0.2, -0.15) is 5.10 Å². The maximum Gasteiger partial charge on any atom is 0.263 e. The fourth-order valence-corrected chi connectivity index (χ4v) is 3.01. The molecule has 2 N–H and O–H groups in total. The summed E-state index contributed by atoms with van der Waals surface area (Å²) in [6.07, 6.45) is 2.51. The van der Waals surface area contributed by atoms with Crippen LogP contribution in [0.15, 0.2) is 35.4 Å². The highest BCUT2D eigenvalue weighted by Crippen LogP contribution is 2.18. The van der Waals surface area contributed by atoms with E-state index in [0.29, 0.717) is 11.7 Å². The van der Waals surface area contributed by atoms with Gasteiger partial charge in [-0.3, -0.25) is 9.82 Å². The summed E-state index contributed by atoms with van der Waals surface area (Å²) in [6.45, 7) is 6.05. The van der Waals surface area contributed by atoms with Crippen LogP contribution in [0.4, 0.5) is 5.82 Å². The van der Waals surface area contributed by atoms with Crippen LogP contribution in [0, 0.1) is 12.8 Å². The average molecular weight is 293 g/mol. The molecule has 0 aliphatic heterocycles. The molecule has 0 bridgehead atoms. The summed E-state index contributed by atoms with van der Waals surface area (Å²) in [6, 6.07) is 6.97. The molecule has 1 aromatic heterocycles. The van der Waals surface area contributed by atoms with Crippen molar-refractivity contribution in [1.82, 2.24) is 10.2 Å². The smallest absolute Gasteiger partial charge is 0.263 e. The largest absolute Gasteiger partial charge is 0.264 e. The summed E-state index contributed by atoms with van der Waals surface area (Å²) in [5, 5.41) is 6.42. The predicted octanol–water partition coefficient (Wildman–Crippen LogP) is 2.72. The number of anilines is 1. The van der Waals surface area contributed by atoms with E-state index < -0.39 is 10.0 Å². The molecule has 0 radical (unpaired) electrons. The van der Waals surface area contributed by atoms with Gasteiger partial charge in [0.25, 0.3) is 10.0 Å². The number of H-pyrrole nitrogens is 1. The number of sulfonamides is 1. The number of rotatable bonds is 5. The Balaban J connectivity index is 2.19. The molecule has 0 amide bonds. The number of hydrogen-bond donors (Lipinski definition) is 2. The number of hydrogen-bond acceptors (Lipinski definition) is 3. The number of nitrogens with one attached hydrogen (secondary N) is 2. The fourth-order valence-electron chi connectivity index (χ4n) is 1.92. The monoisotopic (exact) mass is 293 g/mol. The first-order valence-electron chi connectivity index (χ1n) is 6.50. The van der Waals surface area contributed by atoms with E-state index in [2.05, 4.69) is 28.8 Å². The quantitative estimate of drug-likeness (QED) is 0.890. The lowest BCUT2D eigenvalue weighted by Gasteiger charge is -2.09. The molecule has 2 aromatic rings. The van der Waals surface area contributed by atoms with Gasteiger partial charge in [-0.05, 0) is 37.0 Å². The lowest BCUT2D eigenvalue weighted by Crippen LogP contribution is -2.14. The first-order chi connectivity index (χ1) is 9.38. The standard InChI is InChI=1S/C14H19N3O2S/c1-10(2)8-12-4-6-13(7-5-12)20(18,19)17-14-11(3)9-15-16-14/h4-7,9-10H,8H2,1-3H3,(H2,15,16,17). The van der Waals surface area contributed by atoms with Gasteiger partial charge in [0.15, 0.2) is 0 Å². The second kappa shape index (κ2) is 5.66. The Hall–Kier alpha value is -1.82. The number of aromatic amines is 1. The van der Waals surface area contributed by atoms with Crippen molar-refractivity contribution >= 4 is 15.8 Å². The predicted molar refractivity (Wildman–Crippen MR) is 79.1 cm³/mol. The number of benzene rings is 1. The molecule has 1 heterocycles. The molecule has 1 aromatic carbocycles. The lowest BCUT2D eigenvalue weighted by atomic mass is 10.0. The molecule has 0 fully saturated rings. The van der Waals surface area contributed by atoms with Gasteiger partial charge in [0.1, 0.15) is 5.82 Å². The topological polar surface area (TPSA) is 74.8 Å². The molecular weight excluding hydrogens is 274 g/mol. The molecular formula is C14H19N3O2S. The van der Waals surface area contributed by atoms with Crippen molar-refractivity contribution in [1.29, 1.82) is 0 Å². The average Bonchev–Trinajstić information content (AvgIpc) is 2.74. The van der Waals surface area contributed by atoms with E-state index in [1.165, 1.54) is 0 Å². The zero-order chi connectivity index (χ0) is 14.8. The number of nitrogens with zero attached hydrogens (tertiary/aromatic N) is 1. The van der Waals surface area contributed by atoms with Crippen LogP contribution < -0.4 is 4.72 Å². The molecule has 20 heavy (non-hydrogen) atoms. The van der Waals surface area contributed by atoms with Crippen molar-refractivity contribution in [3.05, 3.63) is 41.6 Å². The summed E-state index contributed by atoms with van der Waals surface area (Å²) >= 11 is 0. The Bertz CT molecular complexity index is 673. The minimum absolute atomic E-state index is 0.249. The minimum atomic E-state index is -3.57. The van der Waals surface area contributed by atoms with Crippen molar-refractivity contribution in [3.63, 3.8) is 0 Å². The molecule has 0 aliphatic carbocycles. The SMILES string of the molecule is Cc1cn[nH]c1NS(=O)(=O)c1ccc(CC(C)C)cc1. The highest BCUT2D eigenvalue weighted by molar-refractivity contribution is 7.92. The molecule has 0 unspecified atom stereocenters. The van der Waals surface area contributed by atoms with E-state index in [0.717, 1.165) is 17.5 Å². The molecule has 0 spiro atoms. The van der Waals surface area contributed by atoms with E-state index in [4.69, 9.17) is 0 Å². The zero-order valence-corrected chi connectivity index (χ0v) is 12.7. The van der Waals surface area contributed by atoms with E-state index >= 15 is 0 Å². The summed E-state index contributed by atoms with van der Waals surface area (Å²) in [4.78, 5) is 0.249. The van der Waals surface area contributed by atoms with E-state index in [1.54, 1.807) is 25.3 Å².